The fourth-order valence-corrected chi connectivity index (χ4v) is 3.13. The van der Waals surface area contributed by atoms with Crippen molar-refractivity contribution < 1.29 is 0 Å². The zero-order chi connectivity index (χ0) is 12.1. The lowest BCUT2D eigenvalue weighted by molar-refractivity contribution is 0.308. The van der Waals surface area contributed by atoms with Gasteiger partial charge in [0.05, 0.1) is 11.6 Å². The highest BCUT2D eigenvalue weighted by Crippen LogP contribution is 2.38. The fraction of sp³-hybridized carbons (Fsp3) is 0.562. The predicted molar refractivity (Wildman–Crippen MR) is 70.8 cm³/mol. The van der Waals surface area contributed by atoms with E-state index in [1.54, 1.807) is 0 Å². The fourth-order valence-electron chi connectivity index (χ4n) is 3.13. The Morgan fingerprint density at radius 3 is 2.53 bits per heavy atom. The van der Waals surface area contributed by atoms with E-state index in [0.29, 0.717) is 5.92 Å². The summed E-state index contributed by atoms with van der Waals surface area (Å²) in [5, 5.41) is 9.14. The highest BCUT2D eigenvalue weighted by atomic mass is 14.3. The molecule has 0 aromatic heterocycles. The summed E-state index contributed by atoms with van der Waals surface area (Å²) in [4.78, 5) is 0. The number of nitrogens with zero attached hydrogens (tertiary/aromatic N) is 1. The molecule has 0 aliphatic heterocycles. The largest absolute Gasteiger partial charge is 0.192 e. The van der Waals surface area contributed by atoms with Crippen molar-refractivity contribution >= 4 is 0 Å². The number of hydrogen-bond acceptors (Lipinski definition) is 1. The molecule has 1 aromatic rings. The summed E-state index contributed by atoms with van der Waals surface area (Å²) in [5.41, 5.74) is 2.16. The minimum atomic E-state index is 0.624. The van der Waals surface area contributed by atoms with E-state index >= 15 is 0 Å². The predicted octanol–water partition coefficient (Wildman–Crippen LogP) is 4.63. The SMILES string of the molecule is CCCC1CCC(c2ccccc2C#N)CC1. The standard InChI is InChI=1S/C16H21N/c1-2-5-13-8-10-14(11-9-13)16-7-4-3-6-15(16)12-17/h3-4,6-7,13-14H,2,5,8-11H2,1H3. The monoisotopic (exact) mass is 227 g/mol. The second kappa shape index (κ2) is 5.87. The molecule has 0 amide bonds. The van der Waals surface area contributed by atoms with Crippen LogP contribution in [0.1, 0.15) is 62.5 Å². The molecule has 1 heteroatoms. The van der Waals surface area contributed by atoms with Gasteiger partial charge in [-0.15, -0.1) is 0 Å². The maximum Gasteiger partial charge on any atom is 0.0994 e. The number of rotatable bonds is 3. The Bertz CT molecular complexity index is 394. The summed E-state index contributed by atoms with van der Waals surface area (Å²) < 4.78 is 0. The maximum absolute atomic E-state index is 9.14. The third-order valence-corrected chi connectivity index (χ3v) is 4.06. The van der Waals surface area contributed by atoms with Crippen LogP contribution in [-0.4, -0.2) is 0 Å². The van der Waals surface area contributed by atoms with Crippen molar-refractivity contribution in [2.24, 2.45) is 5.92 Å². The zero-order valence-corrected chi connectivity index (χ0v) is 10.7. The molecular weight excluding hydrogens is 206 g/mol. The highest BCUT2D eigenvalue weighted by Gasteiger charge is 2.23. The Hall–Kier alpha value is -1.29. The van der Waals surface area contributed by atoms with E-state index in [0.717, 1.165) is 11.5 Å². The van der Waals surface area contributed by atoms with Gasteiger partial charge >= 0.3 is 0 Å². The van der Waals surface area contributed by atoms with Crippen LogP contribution in [0.4, 0.5) is 0 Å². The summed E-state index contributed by atoms with van der Waals surface area (Å²) >= 11 is 0. The van der Waals surface area contributed by atoms with Crippen LogP contribution in [0.5, 0.6) is 0 Å². The van der Waals surface area contributed by atoms with Gasteiger partial charge in [0, 0.05) is 0 Å². The molecule has 0 spiro atoms. The van der Waals surface area contributed by atoms with Crippen LogP contribution < -0.4 is 0 Å². The molecule has 17 heavy (non-hydrogen) atoms. The van der Waals surface area contributed by atoms with Crippen LogP contribution in [-0.2, 0) is 0 Å². The summed E-state index contributed by atoms with van der Waals surface area (Å²) in [6.45, 7) is 2.27. The normalized spacial score (nSPS) is 24.2. The molecule has 1 fully saturated rings. The van der Waals surface area contributed by atoms with Crippen LogP contribution in [0, 0.1) is 17.2 Å². The number of benzene rings is 1. The highest BCUT2D eigenvalue weighted by molar-refractivity contribution is 5.39. The van der Waals surface area contributed by atoms with Crippen LogP contribution >= 0.6 is 0 Å². The van der Waals surface area contributed by atoms with Crippen molar-refractivity contribution in [2.75, 3.05) is 0 Å². The molecule has 1 nitrogen and oxygen atoms in total. The lowest BCUT2D eigenvalue weighted by Crippen LogP contribution is -2.14. The van der Waals surface area contributed by atoms with Gasteiger partial charge < -0.3 is 0 Å². The van der Waals surface area contributed by atoms with Gasteiger partial charge in [0.25, 0.3) is 0 Å². The molecule has 0 unspecified atom stereocenters. The molecule has 0 bridgehead atoms. The van der Waals surface area contributed by atoms with E-state index in [1.165, 1.54) is 44.1 Å². The van der Waals surface area contributed by atoms with Crippen molar-refractivity contribution in [3.8, 4) is 6.07 Å². The minimum absolute atomic E-state index is 0.624. The topological polar surface area (TPSA) is 23.8 Å². The minimum Gasteiger partial charge on any atom is -0.192 e. The molecule has 1 aliphatic rings. The smallest absolute Gasteiger partial charge is 0.0994 e. The maximum atomic E-state index is 9.14. The van der Waals surface area contributed by atoms with Gasteiger partial charge in [0.1, 0.15) is 0 Å². The molecule has 0 saturated heterocycles. The van der Waals surface area contributed by atoms with Crippen LogP contribution in [0.2, 0.25) is 0 Å². The third-order valence-electron chi connectivity index (χ3n) is 4.06. The van der Waals surface area contributed by atoms with Crippen molar-refractivity contribution in [3.63, 3.8) is 0 Å². The number of hydrogen-bond donors (Lipinski definition) is 0. The van der Waals surface area contributed by atoms with Crippen LogP contribution in [0.25, 0.3) is 0 Å². The van der Waals surface area contributed by atoms with Gasteiger partial charge in [0.2, 0.25) is 0 Å². The average molecular weight is 227 g/mol. The molecule has 0 N–H and O–H groups in total. The van der Waals surface area contributed by atoms with Crippen LogP contribution in [0.15, 0.2) is 24.3 Å². The second-order valence-electron chi connectivity index (χ2n) is 5.21. The Kier molecular flexibility index (Phi) is 4.20. The molecular formula is C16H21N. The van der Waals surface area contributed by atoms with Crippen LogP contribution in [0.3, 0.4) is 0 Å². The summed E-state index contributed by atoms with van der Waals surface area (Å²) in [6.07, 6.45) is 7.92. The molecule has 90 valence electrons. The Labute approximate surface area is 104 Å². The molecule has 0 radical (unpaired) electrons. The first-order valence-corrected chi connectivity index (χ1v) is 6.84. The lowest BCUT2D eigenvalue weighted by Gasteiger charge is -2.29. The van der Waals surface area contributed by atoms with Gasteiger partial charge in [-0.3, -0.25) is 0 Å². The van der Waals surface area contributed by atoms with E-state index in [9.17, 15) is 0 Å². The van der Waals surface area contributed by atoms with Crippen molar-refractivity contribution in [1.29, 1.82) is 5.26 Å². The van der Waals surface area contributed by atoms with Gasteiger partial charge in [-0.1, -0.05) is 38.0 Å². The molecule has 1 aliphatic carbocycles. The van der Waals surface area contributed by atoms with E-state index < -0.39 is 0 Å². The molecule has 2 rings (SSSR count). The summed E-state index contributed by atoms with van der Waals surface area (Å²) in [7, 11) is 0. The van der Waals surface area contributed by atoms with Gasteiger partial charge in [-0.2, -0.15) is 5.26 Å². The molecule has 0 atom stereocenters. The van der Waals surface area contributed by atoms with Crippen molar-refractivity contribution in [1.82, 2.24) is 0 Å². The molecule has 1 saturated carbocycles. The Balaban J connectivity index is 2.03. The van der Waals surface area contributed by atoms with E-state index in [4.69, 9.17) is 5.26 Å². The first kappa shape index (κ1) is 12.2. The average Bonchev–Trinajstić information content (AvgIpc) is 2.40. The third kappa shape index (κ3) is 2.88. The quantitative estimate of drug-likeness (QED) is 0.738. The zero-order valence-electron chi connectivity index (χ0n) is 10.7. The number of nitriles is 1. The second-order valence-corrected chi connectivity index (χ2v) is 5.21. The van der Waals surface area contributed by atoms with Gasteiger partial charge in [-0.25, -0.2) is 0 Å². The summed E-state index contributed by atoms with van der Waals surface area (Å²) in [5.74, 6) is 1.56. The van der Waals surface area contributed by atoms with Gasteiger partial charge in [0.15, 0.2) is 0 Å². The van der Waals surface area contributed by atoms with Gasteiger partial charge in [-0.05, 0) is 49.1 Å². The van der Waals surface area contributed by atoms with E-state index in [2.05, 4.69) is 25.1 Å². The Morgan fingerprint density at radius 2 is 1.88 bits per heavy atom. The lowest BCUT2D eigenvalue weighted by atomic mass is 9.76. The molecule has 1 aromatic carbocycles. The van der Waals surface area contributed by atoms with Crippen molar-refractivity contribution in [2.45, 2.75) is 51.4 Å². The first-order chi connectivity index (χ1) is 8.35. The van der Waals surface area contributed by atoms with E-state index in [-0.39, 0.29) is 0 Å². The van der Waals surface area contributed by atoms with Crippen molar-refractivity contribution in [3.05, 3.63) is 35.4 Å². The Morgan fingerprint density at radius 1 is 1.18 bits per heavy atom. The molecule has 0 heterocycles. The summed E-state index contributed by atoms with van der Waals surface area (Å²) in [6, 6.07) is 10.5. The first-order valence-electron chi connectivity index (χ1n) is 6.84. The van der Waals surface area contributed by atoms with E-state index in [1.807, 2.05) is 12.1 Å².